The molecule has 0 aliphatic rings. The summed E-state index contributed by atoms with van der Waals surface area (Å²) in [5.41, 5.74) is 5.20. The lowest BCUT2D eigenvalue weighted by Crippen LogP contribution is -1.99. The summed E-state index contributed by atoms with van der Waals surface area (Å²) < 4.78 is 2.07. The molecule has 0 saturated heterocycles. The lowest BCUT2D eigenvalue weighted by Gasteiger charge is -2.08. The van der Waals surface area contributed by atoms with Gasteiger partial charge in [0.2, 0.25) is 0 Å². The first-order valence-electron chi connectivity index (χ1n) is 6.73. The Balaban J connectivity index is 2.19. The quantitative estimate of drug-likeness (QED) is 0.682. The van der Waals surface area contributed by atoms with Crippen molar-refractivity contribution in [2.45, 2.75) is 19.2 Å². The van der Waals surface area contributed by atoms with Gasteiger partial charge >= 0.3 is 0 Å². The van der Waals surface area contributed by atoms with E-state index in [1.807, 2.05) is 43.3 Å². The number of imidazole rings is 1. The number of fused-ring (bicyclic) bond motifs is 1. The van der Waals surface area contributed by atoms with Crippen LogP contribution in [-0.4, -0.2) is 9.55 Å². The molecule has 0 bridgehead atoms. The van der Waals surface area contributed by atoms with Gasteiger partial charge in [-0.15, -0.1) is 11.6 Å². The standard InChI is InChI=1S/C17H14ClN3/c1-12-3-2-4-15-17(12)20-16(11-18)21(15)14-7-5-13(6-8-14)9-10-19/h2-8H,9,11H2,1H3. The number of aromatic nitrogens is 2. The molecule has 0 N–H and O–H groups in total. The molecule has 0 radical (unpaired) electrons. The second-order valence-corrected chi connectivity index (χ2v) is 5.21. The Morgan fingerprint density at radius 1 is 1.19 bits per heavy atom. The van der Waals surface area contributed by atoms with Crippen molar-refractivity contribution in [2.75, 3.05) is 0 Å². The molecule has 0 atom stereocenters. The highest BCUT2D eigenvalue weighted by Gasteiger charge is 2.12. The predicted molar refractivity (Wildman–Crippen MR) is 84.7 cm³/mol. The zero-order chi connectivity index (χ0) is 14.8. The molecule has 1 aromatic heterocycles. The Morgan fingerprint density at radius 2 is 1.95 bits per heavy atom. The van der Waals surface area contributed by atoms with Crippen LogP contribution in [0.1, 0.15) is 17.0 Å². The fraction of sp³-hybridized carbons (Fsp3) is 0.176. The fourth-order valence-electron chi connectivity index (χ4n) is 2.52. The lowest BCUT2D eigenvalue weighted by molar-refractivity contribution is 0.980. The van der Waals surface area contributed by atoms with Gasteiger partial charge in [-0.1, -0.05) is 24.3 Å². The number of alkyl halides is 1. The predicted octanol–water partition coefficient (Wildman–Crippen LogP) is 4.14. The van der Waals surface area contributed by atoms with Crippen LogP contribution >= 0.6 is 11.6 Å². The second-order valence-electron chi connectivity index (χ2n) is 4.94. The topological polar surface area (TPSA) is 41.6 Å². The van der Waals surface area contributed by atoms with Crippen molar-refractivity contribution in [1.82, 2.24) is 9.55 Å². The molecule has 0 saturated carbocycles. The highest BCUT2D eigenvalue weighted by atomic mass is 35.5. The molecule has 3 rings (SSSR count). The third kappa shape index (κ3) is 2.39. The van der Waals surface area contributed by atoms with E-state index in [2.05, 4.69) is 21.7 Å². The number of para-hydroxylation sites is 1. The van der Waals surface area contributed by atoms with E-state index in [1.54, 1.807) is 0 Å². The van der Waals surface area contributed by atoms with E-state index in [1.165, 1.54) is 0 Å². The Labute approximate surface area is 128 Å². The number of nitriles is 1. The third-order valence-electron chi connectivity index (χ3n) is 3.55. The highest BCUT2D eigenvalue weighted by molar-refractivity contribution is 6.17. The number of rotatable bonds is 3. The average Bonchev–Trinajstić information content (AvgIpc) is 2.88. The van der Waals surface area contributed by atoms with Crippen LogP contribution in [0.3, 0.4) is 0 Å². The summed E-state index contributed by atoms with van der Waals surface area (Å²) in [6.45, 7) is 2.05. The van der Waals surface area contributed by atoms with Gasteiger partial charge < -0.3 is 0 Å². The van der Waals surface area contributed by atoms with Crippen LogP contribution in [0.25, 0.3) is 16.7 Å². The molecular weight excluding hydrogens is 282 g/mol. The van der Waals surface area contributed by atoms with Crippen molar-refractivity contribution in [3.8, 4) is 11.8 Å². The molecule has 104 valence electrons. The second kappa shape index (κ2) is 5.59. The zero-order valence-corrected chi connectivity index (χ0v) is 12.4. The molecule has 0 fully saturated rings. The van der Waals surface area contributed by atoms with E-state index in [0.717, 1.165) is 33.7 Å². The van der Waals surface area contributed by atoms with Gasteiger partial charge in [-0.3, -0.25) is 4.57 Å². The molecule has 3 nitrogen and oxygen atoms in total. The average molecular weight is 296 g/mol. The van der Waals surface area contributed by atoms with Crippen molar-refractivity contribution in [3.63, 3.8) is 0 Å². The minimum absolute atomic E-state index is 0.355. The highest BCUT2D eigenvalue weighted by Crippen LogP contribution is 2.25. The van der Waals surface area contributed by atoms with Gasteiger partial charge in [-0.05, 0) is 36.2 Å². The van der Waals surface area contributed by atoms with Gasteiger partial charge in [0.25, 0.3) is 0 Å². The van der Waals surface area contributed by atoms with E-state index in [4.69, 9.17) is 16.9 Å². The smallest absolute Gasteiger partial charge is 0.129 e. The molecule has 0 unspecified atom stereocenters. The number of benzene rings is 2. The van der Waals surface area contributed by atoms with Crippen LogP contribution in [0.2, 0.25) is 0 Å². The zero-order valence-electron chi connectivity index (χ0n) is 11.7. The first kappa shape index (κ1) is 13.7. The third-order valence-corrected chi connectivity index (χ3v) is 3.79. The van der Waals surface area contributed by atoms with Gasteiger partial charge in [0, 0.05) is 5.69 Å². The maximum Gasteiger partial charge on any atom is 0.129 e. The molecular formula is C17H14ClN3. The SMILES string of the molecule is Cc1cccc2c1nc(CCl)n2-c1ccc(CC#N)cc1. The summed E-state index contributed by atoms with van der Waals surface area (Å²) in [5, 5.41) is 8.74. The summed E-state index contributed by atoms with van der Waals surface area (Å²) in [5.74, 6) is 1.18. The van der Waals surface area contributed by atoms with Gasteiger partial charge in [-0.2, -0.15) is 5.26 Å². The van der Waals surface area contributed by atoms with Crippen LogP contribution in [0.15, 0.2) is 42.5 Å². The Kier molecular flexibility index (Phi) is 3.64. The van der Waals surface area contributed by atoms with E-state index in [9.17, 15) is 0 Å². The van der Waals surface area contributed by atoms with Crippen LogP contribution in [0.4, 0.5) is 0 Å². The largest absolute Gasteiger partial charge is 0.295 e. The summed E-state index contributed by atoms with van der Waals surface area (Å²) in [4.78, 5) is 4.64. The van der Waals surface area contributed by atoms with Gasteiger partial charge in [-0.25, -0.2) is 4.98 Å². The Hall–Kier alpha value is -2.31. The van der Waals surface area contributed by atoms with Crippen LogP contribution in [0.5, 0.6) is 0 Å². The molecule has 21 heavy (non-hydrogen) atoms. The van der Waals surface area contributed by atoms with Crippen LogP contribution in [-0.2, 0) is 12.3 Å². The maximum atomic E-state index is 8.74. The lowest BCUT2D eigenvalue weighted by atomic mass is 10.1. The van der Waals surface area contributed by atoms with E-state index in [0.29, 0.717) is 12.3 Å². The van der Waals surface area contributed by atoms with E-state index in [-0.39, 0.29) is 0 Å². The Bertz CT molecular complexity index is 826. The van der Waals surface area contributed by atoms with Crippen LogP contribution in [0, 0.1) is 18.3 Å². The summed E-state index contributed by atoms with van der Waals surface area (Å²) in [6.07, 6.45) is 0.423. The number of nitrogens with zero attached hydrogens (tertiary/aromatic N) is 3. The summed E-state index contributed by atoms with van der Waals surface area (Å²) in [7, 11) is 0. The number of hydrogen-bond acceptors (Lipinski definition) is 2. The molecule has 3 aromatic rings. The monoisotopic (exact) mass is 295 g/mol. The van der Waals surface area contributed by atoms with Gasteiger partial charge in [0.1, 0.15) is 5.82 Å². The molecule has 0 aliphatic heterocycles. The number of hydrogen-bond donors (Lipinski definition) is 0. The number of halogens is 1. The fourth-order valence-corrected chi connectivity index (χ4v) is 2.70. The van der Waals surface area contributed by atoms with Crippen molar-refractivity contribution in [3.05, 3.63) is 59.4 Å². The van der Waals surface area contributed by atoms with Crippen molar-refractivity contribution in [2.24, 2.45) is 0 Å². The minimum Gasteiger partial charge on any atom is -0.295 e. The Morgan fingerprint density at radius 3 is 2.62 bits per heavy atom. The van der Waals surface area contributed by atoms with Gasteiger partial charge in [0.05, 0.1) is 29.4 Å². The van der Waals surface area contributed by atoms with Crippen molar-refractivity contribution in [1.29, 1.82) is 5.26 Å². The molecule has 0 spiro atoms. The first-order valence-corrected chi connectivity index (χ1v) is 7.27. The first-order chi connectivity index (χ1) is 10.2. The normalized spacial score (nSPS) is 10.7. The molecule has 0 aliphatic carbocycles. The summed E-state index contributed by atoms with van der Waals surface area (Å²) in [6, 6.07) is 16.2. The van der Waals surface area contributed by atoms with E-state index >= 15 is 0 Å². The molecule has 4 heteroatoms. The molecule has 2 aromatic carbocycles. The number of aryl methyl sites for hydroxylation is 1. The van der Waals surface area contributed by atoms with Crippen molar-refractivity contribution < 1.29 is 0 Å². The summed E-state index contributed by atoms with van der Waals surface area (Å²) >= 11 is 6.06. The molecule has 0 amide bonds. The van der Waals surface area contributed by atoms with Crippen molar-refractivity contribution >= 4 is 22.6 Å². The minimum atomic E-state index is 0.355. The molecule has 1 heterocycles. The maximum absolute atomic E-state index is 8.74. The van der Waals surface area contributed by atoms with Gasteiger partial charge in [0.15, 0.2) is 0 Å². The van der Waals surface area contributed by atoms with E-state index < -0.39 is 0 Å². The van der Waals surface area contributed by atoms with Crippen LogP contribution < -0.4 is 0 Å².